The van der Waals surface area contributed by atoms with Gasteiger partial charge in [0.25, 0.3) is 0 Å². The first-order valence-corrected chi connectivity index (χ1v) is 6.19. The quantitative estimate of drug-likeness (QED) is 0.308. The van der Waals surface area contributed by atoms with Crippen molar-refractivity contribution in [3.05, 3.63) is 0 Å². The molecule has 2 rings (SSSR count). The Labute approximate surface area is 106 Å². The number of rotatable bonds is 3. The zero-order valence-electron chi connectivity index (χ0n) is 10.2. The van der Waals surface area contributed by atoms with Gasteiger partial charge in [-0.05, 0) is 12.8 Å². The van der Waals surface area contributed by atoms with Crippen LogP contribution in [-0.2, 0) is 14.3 Å². The van der Waals surface area contributed by atoms with Gasteiger partial charge in [-0.15, -0.1) is 0 Å². The van der Waals surface area contributed by atoms with E-state index in [1.807, 2.05) is 0 Å². The summed E-state index contributed by atoms with van der Waals surface area (Å²) in [7, 11) is 0. The standard InChI is InChI=1S/C11H19N3O4/c12-11(13-16)9-7-14(3-5-18-9)10(15)6-8-2-1-4-17-8/h8-9,16H,1-7H2,(H2,12,13). The topological polar surface area (TPSA) is 97.4 Å². The molecule has 0 aromatic rings. The lowest BCUT2D eigenvalue weighted by Gasteiger charge is -2.32. The molecule has 7 nitrogen and oxygen atoms in total. The smallest absolute Gasteiger partial charge is 0.225 e. The van der Waals surface area contributed by atoms with E-state index in [0.717, 1.165) is 19.4 Å². The first kappa shape index (κ1) is 13.1. The van der Waals surface area contributed by atoms with Crippen molar-refractivity contribution >= 4 is 11.7 Å². The van der Waals surface area contributed by atoms with E-state index in [9.17, 15) is 4.79 Å². The Balaban J connectivity index is 1.85. The fraction of sp³-hybridized carbons (Fsp3) is 0.818. The van der Waals surface area contributed by atoms with Gasteiger partial charge < -0.3 is 25.3 Å². The van der Waals surface area contributed by atoms with Crippen molar-refractivity contribution in [3.8, 4) is 0 Å². The number of hydrogen-bond donors (Lipinski definition) is 2. The van der Waals surface area contributed by atoms with E-state index >= 15 is 0 Å². The Bertz CT molecular complexity index is 328. The molecular formula is C11H19N3O4. The summed E-state index contributed by atoms with van der Waals surface area (Å²) >= 11 is 0. The third-order valence-electron chi connectivity index (χ3n) is 3.29. The van der Waals surface area contributed by atoms with E-state index in [0.29, 0.717) is 26.1 Å². The number of morpholine rings is 1. The Morgan fingerprint density at radius 2 is 2.28 bits per heavy atom. The van der Waals surface area contributed by atoms with Crippen LogP contribution < -0.4 is 5.73 Å². The second-order valence-corrected chi connectivity index (χ2v) is 4.56. The minimum Gasteiger partial charge on any atom is -0.409 e. The van der Waals surface area contributed by atoms with Crippen molar-refractivity contribution in [2.75, 3.05) is 26.3 Å². The van der Waals surface area contributed by atoms with Crippen molar-refractivity contribution in [2.24, 2.45) is 10.9 Å². The molecule has 0 bridgehead atoms. The van der Waals surface area contributed by atoms with Gasteiger partial charge in [-0.3, -0.25) is 4.79 Å². The number of nitrogens with zero attached hydrogens (tertiary/aromatic N) is 2. The largest absolute Gasteiger partial charge is 0.409 e. The maximum absolute atomic E-state index is 12.1. The van der Waals surface area contributed by atoms with E-state index in [4.69, 9.17) is 20.4 Å². The summed E-state index contributed by atoms with van der Waals surface area (Å²) in [6.45, 7) is 2.02. The molecule has 2 atom stereocenters. The molecule has 0 aliphatic carbocycles. The monoisotopic (exact) mass is 257 g/mol. The van der Waals surface area contributed by atoms with Crippen molar-refractivity contribution in [1.29, 1.82) is 0 Å². The van der Waals surface area contributed by atoms with Crippen molar-refractivity contribution in [1.82, 2.24) is 4.90 Å². The minimum absolute atomic E-state index is 0.00427. The summed E-state index contributed by atoms with van der Waals surface area (Å²) in [6.07, 6.45) is 1.90. The molecule has 2 saturated heterocycles. The molecule has 3 N–H and O–H groups in total. The van der Waals surface area contributed by atoms with Crippen molar-refractivity contribution in [3.63, 3.8) is 0 Å². The zero-order chi connectivity index (χ0) is 13.0. The third-order valence-corrected chi connectivity index (χ3v) is 3.29. The molecule has 2 fully saturated rings. The predicted octanol–water partition coefficient (Wildman–Crippen LogP) is -0.471. The van der Waals surface area contributed by atoms with Gasteiger partial charge in [0.15, 0.2) is 5.84 Å². The highest BCUT2D eigenvalue weighted by molar-refractivity contribution is 5.85. The summed E-state index contributed by atoms with van der Waals surface area (Å²) in [4.78, 5) is 13.7. The molecular weight excluding hydrogens is 238 g/mol. The molecule has 102 valence electrons. The summed E-state index contributed by atoms with van der Waals surface area (Å²) in [5, 5.41) is 11.5. The Morgan fingerprint density at radius 1 is 1.44 bits per heavy atom. The summed E-state index contributed by atoms with van der Waals surface area (Å²) in [6, 6.07) is 0. The van der Waals surface area contributed by atoms with Crippen LogP contribution in [0.5, 0.6) is 0 Å². The molecule has 0 spiro atoms. The lowest BCUT2D eigenvalue weighted by molar-refractivity contribution is -0.139. The number of carbonyl (C=O) groups is 1. The van der Waals surface area contributed by atoms with Crippen LogP contribution in [0.4, 0.5) is 0 Å². The Hall–Kier alpha value is -1.34. The number of nitrogens with two attached hydrogens (primary N) is 1. The van der Waals surface area contributed by atoms with Crippen LogP contribution in [0.3, 0.4) is 0 Å². The number of hydrogen-bond acceptors (Lipinski definition) is 5. The van der Waals surface area contributed by atoms with Crippen LogP contribution in [0.1, 0.15) is 19.3 Å². The molecule has 2 unspecified atom stereocenters. The lowest BCUT2D eigenvalue weighted by Crippen LogP contribution is -2.51. The number of ether oxygens (including phenoxy) is 2. The number of amides is 1. The second-order valence-electron chi connectivity index (χ2n) is 4.56. The molecule has 0 aromatic carbocycles. The Morgan fingerprint density at radius 3 is 2.94 bits per heavy atom. The van der Waals surface area contributed by atoms with Crippen LogP contribution in [0.25, 0.3) is 0 Å². The molecule has 2 aliphatic rings. The summed E-state index contributed by atoms with van der Waals surface area (Å²) in [5.41, 5.74) is 5.49. The predicted molar refractivity (Wildman–Crippen MR) is 63.3 cm³/mol. The van der Waals surface area contributed by atoms with Crippen LogP contribution in [0.15, 0.2) is 5.16 Å². The van der Waals surface area contributed by atoms with Gasteiger partial charge in [-0.1, -0.05) is 5.16 Å². The third kappa shape index (κ3) is 3.11. The van der Waals surface area contributed by atoms with Crippen LogP contribution in [-0.4, -0.2) is 60.4 Å². The van der Waals surface area contributed by atoms with Gasteiger partial charge in [0, 0.05) is 13.2 Å². The fourth-order valence-electron chi connectivity index (χ4n) is 2.25. The lowest BCUT2D eigenvalue weighted by atomic mass is 10.1. The average molecular weight is 257 g/mol. The van der Waals surface area contributed by atoms with Crippen LogP contribution >= 0.6 is 0 Å². The maximum Gasteiger partial charge on any atom is 0.225 e. The highest BCUT2D eigenvalue weighted by atomic mass is 16.5. The van der Waals surface area contributed by atoms with E-state index in [2.05, 4.69) is 5.16 Å². The SMILES string of the molecule is N/C(=N\O)C1CN(C(=O)CC2CCCO2)CCO1. The zero-order valence-corrected chi connectivity index (χ0v) is 10.2. The number of oxime groups is 1. The molecule has 2 aliphatic heterocycles. The maximum atomic E-state index is 12.1. The van der Waals surface area contributed by atoms with Gasteiger partial charge in [0.05, 0.1) is 25.7 Å². The van der Waals surface area contributed by atoms with E-state index in [1.165, 1.54) is 0 Å². The van der Waals surface area contributed by atoms with Gasteiger partial charge >= 0.3 is 0 Å². The summed E-state index contributed by atoms with van der Waals surface area (Å²) < 4.78 is 10.8. The highest BCUT2D eigenvalue weighted by Gasteiger charge is 2.29. The van der Waals surface area contributed by atoms with Crippen molar-refractivity contribution in [2.45, 2.75) is 31.5 Å². The van der Waals surface area contributed by atoms with E-state index in [-0.39, 0.29) is 17.8 Å². The normalized spacial score (nSPS) is 29.6. The molecule has 1 amide bonds. The number of carbonyl (C=O) groups excluding carboxylic acids is 1. The van der Waals surface area contributed by atoms with Gasteiger partial charge in [-0.25, -0.2) is 0 Å². The van der Waals surface area contributed by atoms with Crippen LogP contribution in [0, 0.1) is 0 Å². The average Bonchev–Trinajstić information content (AvgIpc) is 2.90. The Kier molecular flexibility index (Phi) is 4.38. The van der Waals surface area contributed by atoms with Gasteiger partial charge in [0.1, 0.15) is 6.10 Å². The van der Waals surface area contributed by atoms with Gasteiger partial charge in [-0.2, -0.15) is 0 Å². The molecule has 0 radical (unpaired) electrons. The van der Waals surface area contributed by atoms with Crippen molar-refractivity contribution < 1.29 is 19.5 Å². The molecule has 0 saturated carbocycles. The number of amidine groups is 1. The van der Waals surface area contributed by atoms with E-state index < -0.39 is 6.10 Å². The fourth-order valence-corrected chi connectivity index (χ4v) is 2.25. The molecule has 2 heterocycles. The minimum atomic E-state index is -0.516. The van der Waals surface area contributed by atoms with E-state index in [1.54, 1.807) is 4.90 Å². The first-order chi connectivity index (χ1) is 8.70. The first-order valence-electron chi connectivity index (χ1n) is 6.19. The van der Waals surface area contributed by atoms with Gasteiger partial charge in [0.2, 0.25) is 5.91 Å². The highest BCUT2D eigenvalue weighted by Crippen LogP contribution is 2.17. The second kappa shape index (κ2) is 6.01. The van der Waals surface area contributed by atoms with Crippen LogP contribution in [0.2, 0.25) is 0 Å². The molecule has 7 heteroatoms. The molecule has 0 aromatic heterocycles. The molecule has 18 heavy (non-hydrogen) atoms. The summed E-state index contributed by atoms with van der Waals surface area (Å²) in [5.74, 6) is 0.0468.